The van der Waals surface area contributed by atoms with Crippen molar-refractivity contribution in [3.8, 4) is 11.3 Å². The Morgan fingerprint density at radius 3 is 2.65 bits per heavy atom. The Morgan fingerprint density at radius 2 is 2.00 bits per heavy atom. The third kappa shape index (κ3) is 1.48. The average molecular weight is 357 g/mol. The molecule has 26 heavy (non-hydrogen) atoms. The molecule has 1 heterocycles. The third-order valence-corrected chi connectivity index (χ3v) is 6.86. The summed E-state index contributed by atoms with van der Waals surface area (Å²) in [5.41, 5.74) is 0.538. The first kappa shape index (κ1) is 15.8. The van der Waals surface area contributed by atoms with Crippen molar-refractivity contribution in [3.05, 3.63) is 47.2 Å². The lowest BCUT2D eigenvalue weighted by molar-refractivity contribution is -0.183. The first-order chi connectivity index (χ1) is 12.4. The Hall–Kier alpha value is -2.41. The van der Waals surface area contributed by atoms with Crippen LogP contribution in [-0.2, 0) is 15.0 Å². The largest absolute Gasteiger partial charge is 0.275 e. The van der Waals surface area contributed by atoms with Gasteiger partial charge in [-0.3, -0.25) is 9.63 Å². The average Bonchev–Trinajstić information content (AvgIpc) is 3.06. The number of hydrogen-bond acceptors (Lipinski definition) is 4. The van der Waals surface area contributed by atoms with Crippen LogP contribution in [-0.4, -0.2) is 35.3 Å². The molecule has 0 bridgehead atoms. The van der Waals surface area contributed by atoms with Crippen LogP contribution in [0.1, 0.15) is 30.5 Å². The van der Waals surface area contributed by atoms with Crippen LogP contribution >= 0.6 is 0 Å². The number of aromatic nitrogens is 2. The van der Waals surface area contributed by atoms with E-state index in [2.05, 4.69) is 17.1 Å². The van der Waals surface area contributed by atoms with Gasteiger partial charge in [-0.05, 0) is 47.4 Å². The van der Waals surface area contributed by atoms with Gasteiger partial charge in [-0.25, -0.2) is 13.8 Å². The lowest BCUT2D eigenvalue weighted by Crippen LogP contribution is -2.56. The van der Waals surface area contributed by atoms with Crippen molar-refractivity contribution in [1.29, 1.82) is 0 Å². The normalized spacial score (nSPS) is 32.5. The second kappa shape index (κ2) is 4.65. The van der Waals surface area contributed by atoms with E-state index in [-0.39, 0.29) is 28.5 Å². The summed E-state index contributed by atoms with van der Waals surface area (Å²) in [5, 5.41) is 9.60. The molecule has 2 saturated carbocycles. The number of fused-ring (bicyclic) bond motifs is 4. The van der Waals surface area contributed by atoms with Gasteiger partial charge in [0, 0.05) is 7.05 Å². The van der Waals surface area contributed by atoms with E-state index < -0.39 is 17.0 Å². The molecule has 2 fully saturated rings. The van der Waals surface area contributed by atoms with E-state index in [0.29, 0.717) is 11.6 Å². The number of halogens is 2. The number of carbonyl (C=O) groups is 1. The molecule has 2 aromatic rings. The minimum absolute atomic E-state index is 0.140. The topological polar surface area (TPSA) is 55.3 Å². The fourth-order valence-corrected chi connectivity index (χ4v) is 5.43. The number of hydroxylamine groups is 2. The molecule has 5 rings (SSSR count). The van der Waals surface area contributed by atoms with Crippen LogP contribution in [0, 0.1) is 23.0 Å². The number of amides is 1. The quantitative estimate of drug-likeness (QED) is 0.793. The minimum Gasteiger partial charge on any atom is -0.275 e. The van der Waals surface area contributed by atoms with Gasteiger partial charge < -0.3 is 0 Å². The summed E-state index contributed by atoms with van der Waals surface area (Å²) in [5.74, 6) is -0.918. The molecule has 0 spiro atoms. The minimum atomic E-state index is -0.748. The van der Waals surface area contributed by atoms with Crippen molar-refractivity contribution in [1.82, 2.24) is 15.3 Å². The van der Waals surface area contributed by atoms with E-state index in [1.807, 2.05) is 0 Å². The number of carbonyl (C=O) groups excluding carboxylic acids is 1. The van der Waals surface area contributed by atoms with Gasteiger partial charge >= 0.3 is 0 Å². The Kier molecular flexibility index (Phi) is 2.83. The summed E-state index contributed by atoms with van der Waals surface area (Å²) in [4.78, 5) is 18.1. The summed E-state index contributed by atoms with van der Waals surface area (Å²) in [6, 6.07) is 5.42. The van der Waals surface area contributed by atoms with E-state index >= 15 is 0 Å². The Bertz CT molecular complexity index is 961. The fourth-order valence-electron chi connectivity index (χ4n) is 5.43. The van der Waals surface area contributed by atoms with Gasteiger partial charge in [0.25, 0.3) is 5.91 Å². The molecule has 0 radical (unpaired) electrons. The molecule has 3 aliphatic rings. The van der Waals surface area contributed by atoms with E-state index in [4.69, 9.17) is 4.84 Å². The molecule has 134 valence electrons. The lowest BCUT2D eigenvalue weighted by atomic mass is 9.58. The molecule has 5 nitrogen and oxygen atoms in total. The van der Waals surface area contributed by atoms with Crippen LogP contribution in [0.3, 0.4) is 0 Å². The third-order valence-electron chi connectivity index (χ3n) is 6.86. The molecule has 1 aromatic heterocycles. The number of hydrogen-bond donors (Lipinski definition) is 0. The molecule has 0 saturated heterocycles. The van der Waals surface area contributed by atoms with Gasteiger partial charge in [0.1, 0.15) is 17.0 Å². The van der Waals surface area contributed by atoms with E-state index in [0.717, 1.165) is 12.0 Å². The van der Waals surface area contributed by atoms with Crippen LogP contribution in [0.4, 0.5) is 8.78 Å². The zero-order chi connectivity index (χ0) is 18.4. The predicted octanol–water partition coefficient (Wildman–Crippen LogP) is 2.82. The summed E-state index contributed by atoms with van der Waals surface area (Å²) >= 11 is 0. The van der Waals surface area contributed by atoms with Gasteiger partial charge in [-0.1, -0.05) is 13.0 Å². The zero-order valence-corrected chi connectivity index (χ0v) is 14.6. The van der Waals surface area contributed by atoms with Gasteiger partial charge in [0.05, 0.1) is 24.1 Å². The number of nitrogens with zero attached hydrogens (tertiary/aromatic N) is 3. The van der Waals surface area contributed by atoms with Crippen molar-refractivity contribution >= 4 is 5.91 Å². The highest BCUT2D eigenvalue weighted by Crippen LogP contribution is 2.89. The number of benzene rings is 1. The van der Waals surface area contributed by atoms with Crippen LogP contribution in [0.5, 0.6) is 0 Å². The summed E-state index contributed by atoms with van der Waals surface area (Å²) in [6.45, 7) is 2.08. The fraction of sp³-hybridized carbons (Fsp3) is 0.421. The summed E-state index contributed by atoms with van der Waals surface area (Å²) in [6.07, 6.45) is 0.718. The SMILES string of the molecule is CON(C)C(=O)[C@@]12CC3[C@@H](c4cc(-c5c(F)cccc5F)nnc41)C32C. The van der Waals surface area contributed by atoms with Crippen LogP contribution in [0.15, 0.2) is 24.3 Å². The van der Waals surface area contributed by atoms with Crippen LogP contribution in [0.2, 0.25) is 0 Å². The second-order valence-corrected chi connectivity index (χ2v) is 7.59. The molecule has 3 aliphatic carbocycles. The van der Waals surface area contributed by atoms with E-state index in [1.54, 1.807) is 13.1 Å². The smallest absolute Gasteiger partial charge is 0.258 e. The van der Waals surface area contributed by atoms with Crippen LogP contribution in [0.25, 0.3) is 11.3 Å². The summed E-state index contributed by atoms with van der Waals surface area (Å²) < 4.78 is 28.3. The van der Waals surface area contributed by atoms with Gasteiger partial charge in [-0.15, -0.1) is 5.10 Å². The molecule has 0 aliphatic heterocycles. The molecular formula is C19H17F2N3O2. The molecule has 0 N–H and O–H groups in total. The highest BCUT2D eigenvalue weighted by molar-refractivity contribution is 5.94. The maximum absolute atomic E-state index is 14.1. The van der Waals surface area contributed by atoms with Gasteiger partial charge in [-0.2, -0.15) is 5.10 Å². The second-order valence-electron chi connectivity index (χ2n) is 7.59. The highest BCUT2D eigenvalue weighted by Gasteiger charge is 2.89. The Balaban J connectivity index is 1.66. The molecule has 2 unspecified atom stereocenters. The van der Waals surface area contributed by atoms with E-state index in [1.165, 1.54) is 30.4 Å². The van der Waals surface area contributed by atoms with Gasteiger partial charge in [0.2, 0.25) is 0 Å². The highest BCUT2D eigenvalue weighted by atomic mass is 19.1. The van der Waals surface area contributed by atoms with Crippen molar-refractivity contribution < 1.29 is 18.4 Å². The monoisotopic (exact) mass is 357 g/mol. The molecule has 1 aromatic carbocycles. The van der Waals surface area contributed by atoms with Crippen molar-refractivity contribution in [3.63, 3.8) is 0 Å². The Morgan fingerprint density at radius 1 is 1.31 bits per heavy atom. The van der Waals surface area contributed by atoms with Crippen LogP contribution < -0.4 is 0 Å². The molecule has 7 heteroatoms. The molecule has 1 amide bonds. The number of rotatable bonds is 3. The lowest BCUT2D eigenvalue weighted by Gasteiger charge is -2.46. The van der Waals surface area contributed by atoms with Crippen molar-refractivity contribution in [2.75, 3.05) is 14.2 Å². The van der Waals surface area contributed by atoms with Crippen molar-refractivity contribution in [2.45, 2.75) is 24.7 Å². The zero-order valence-electron chi connectivity index (χ0n) is 14.6. The van der Waals surface area contributed by atoms with Gasteiger partial charge in [0.15, 0.2) is 0 Å². The first-order valence-corrected chi connectivity index (χ1v) is 8.52. The Labute approximate surface area is 148 Å². The van der Waals surface area contributed by atoms with E-state index in [9.17, 15) is 13.6 Å². The predicted molar refractivity (Wildman–Crippen MR) is 87.8 cm³/mol. The number of likely N-dealkylation sites (N-methyl/N-ethyl adjacent to an activating group) is 1. The molecular weight excluding hydrogens is 340 g/mol. The first-order valence-electron chi connectivity index (χ1n) is 8.52. The molecule has 4 atom stereocenters. The summed E-state index contributed by atoms with van der Waals surface area (Å²) in [7, 11) is 3.03. The van der Waals surface area contributed by atoms with Crippen molar-refractivity contribution in [2.24, 2.45) is 11.3 Å². The maximum atomic E-state index is 14.1. The standard InChI is InChI=1S/C19H17F2N3O2/c1-18-10-8-19(18,17(25)24(2)26-3)16-9(15(10)18)7-13(22-23-16)14-11(20)5-4-6-12(14)21/h4-7,10,15H,8H2,1-3H3/t10?,15-,18?,19-/m1/s1. The maximum Gasteiger partial charge on any atom is 0.258 e.